The first kappa shape index (κ1) is 17.5. The lowest BCUT2D eigenvalue weighted by molar-refractivity contribution is -0.173. The molecule has 0 saturated carbocycles. The van der Waals surface area contributed by atoms with Crippen LogP contribution in [0.5, 0.6) is 0 Å². The van der Waals surface area contributed by atoms with Crippen molar-refractivity contribution in [1.29, 1.82) is 0 Å². The van der Waals surface area contributed by atoms with E-state index in [1.165, 1.54) is 5.57 Å². The molecule has 0 amide bonds. The smallest absolute Gasteiger partial charge is 0.371 e. The number of nitrogens with zero attached hydrogens (tertiary/aromatic N) is 1. The van der Waals surface area contributed by atoms with Crippen LogP contribution in [0.1, 0.15) is 26.7 Å². The van der Waals surface area contributed by atoms with Crippen LogP contribution in [0.25, 0.3) is 0 Å². The number of hydrogen-bond donors (Lipinski definition) is 1. The Bertz CT molecular complexity index is 293. The van der Waals surface area contributed by atoms with Gasteiger partial charge < -0.3 is 10.1 Å². The number of alkyl halides is 3. The van der Waals surface area contributed by atoms with E-state index in [1.54, 1.807) is 0 Å². The molecule has 0 spiro atoms. The molecule has 118 valence electrons. The lowest BCUT2D eigenvalue weighted by Gasteiger charge is -2.31. The third kappa shape index (κ3) is 8.55. The summed E-state index contributed by atoms with van der Waals surface area (Å²) in [6.07, 6.45) is 0.0702. The fraction of sp³-hybridized carbons (Fsp3) is 0.857. The van der Waals surface area contributed by atoms with Crippen molar-refractivity contribution in [3.05, 3.63) is 11.6 Å². The van der Waals surface area contributed by atoms with Crippen molar-refractivity contribution in [2.75, 3.05) is 39.4 Å². The van der Waals surface area contributed by atoms with Gasteiger partial charge >= 0.3 is 6.18 Å². The Balaban J connectivity index is 2.04. The van der Waals surface area contributed by atoms with E-state index in [-0.39, 0.29) is 6.61 Å². The molecule has 0 aliphatic carbocycles. The highest BCUT2D eigenvalue weighted by atomic mass is 19.4. The summed E-state index contributed by atoms with van der Waals surface area (Å²) >= 11 is 0. The maximum absolute atomic E-state index is 11.9. The standard InChI is InChI=1S/C14H25F3N2O/c1-12(2)3-7-19-8-4-13(5-9-19)18-6-10-20-11-14(15,16)17/h3,13,18H,4-11H2,1-2H3. The maximum atomic E-state index is 11.9. The quantitative estimate of drug-likeness (QED) is 0.577. The van der Waals surface area contributed by atoms with Gasteiger partial charge in [0.25, 0.3) is 0 Å². The molecule has 20 heavy (non-hydrogen) atoms. The number of piperidine rings is 1. The van der Waals surface area contributed by atoms with E-state index in [9.17, 15) is 13.2 Å². The molecule has 1 aliphatic heterocycles. The summed E-state index contributed by atoms with van der Waals surface area (Å²) < 4.78 is 40.1. The minimum atomic E-state index is -4.23. The van der Waals surface area contributed by atoms with Crippen molar-refractivity contribution < 1.29 is 17.9 Å². The van der Waals surface area contributed by atoms with Gasteiger partial charge in [0.05, 0.1) is 6.61 Å². The Morgan fingerprint density at radius 2 is 1.95 bits per heavy atom. The lowest BCUT2D eigenvalue weighted by Crippen LogP contribution is -2.43. The Morgan fingerprint density at radius 1 is 1.30 bits per heavy atom. The molecule has 1 N–H and O–H groups in total. The average molecular weight is 294 g/mol. The third-order valence-corrected chi connectivity index (χ3v) is 3.29. The molecular formula is C14H25F3N2O. The molecular weight excluding hydrogens is 269 g/mol. The molecule has 1 heterocycles. The number of likely N-dealkylation sites (tertiary alicyclic amines) is 1. The SMILES string of the molecule is CC(C)=CCN1CCC(NCCOCC(F)(F)F)CC1. The van der Waals surface area contributed by atoms with Crippen molar-refractivity contribution in [3.8, 4) is 0 Å². The molecule has 0 radical (unpaired) electrons. The van der Waals surface area contributed by atoms with E-state index in [1.807, 2.05) is 0 Å². The van der Waals surface area contributed by atoms with Gasteiger partial charge in [-0.25, -0.2) is 0 Å². The third-order valence-electron chi connectivity index (χ3n) is 3.29. The van der Waals surface area contributed by atoms with Crippen LogP contribution in [-0.4, -0.2) is 56.5 Å². The molecule has 1 saturated heterocycles. The van der Waals surface area contributed by atoms with E-state index in [0.717, 1.165) is 32.5 Å². The zero-order chi connectivity index (χ0) is 15.0. The summed E-state index contributed by atoms with van der Waals surface area (Å²) in [4.78, 5) is 2.39. The fourth-order valence-electron chi connectivity index (χ4n) is 2.15. The summed E-state index contributed by atoms with van der Waals surface area (Å²) in [7, 11) is 0. The first-order valence-corrected chi connectivity index (χ1v) is 7.10. The van der Waals surface area contributed by atoms with Gasteiger partial charge in [0, 0.05) is 19.1 Å². The summed E-state index contributed by atoms with van der Waals surface area (Å²) in [5.74, 6) is 0. The van der Waals surface area contributed by atoms with E-state index in [0.29, 0.717) is 12.6 Å². The van der Waals surface area contributed by atoms with Gasteiger partial charge in [-0.1, -0.05) is 11.6 Å². The number of allylic oxidation sites excluding steroid dienone is 1. The van der Waals surface area contributed by atoms with Crippen LogP contribution in [0.4, 0.5) is 13.2 Å². The minimum absolute atomic E-state index is 0.109. The van der Waals surface area contributed by atoms with Gasteiger partial charge in [0.2, 0.25) is 0 Å². The van der Waals surface area contributed by atoms with E-state index >= 15 is 0 Å². The van der Waals surface area contributed by atoms with Crippen LogP contribution in [0.3, 0.4) is 0 Å². The Kier molecular flexibility index (Phi) is 7.55. The lowest BCUT2D eigenvalue weighted by atomic mass is 10.1. The van der Waals surface area contributed by atoms with Gasteiger partial charge in [-0.05, 0) is 39.8 Å². The van der Waals surface area contributed by atoms with Crippen molar-refractivity contribution >= 4 is 0 Å². The first-order chi connectivity index (χ1) is 9.37. The van der Waals surface area contributed by atoms with E-state index < -0.39 is 12.8 Å². The Labute approximate surface area is 119 Å². The van der Waals surface area contributed by atoms with Crippen LogP contribution in [0.15, 0.2) is 11.6 Å². The number of halogens is 3. The van der Waals surface area contributed by atoms with Crippen LogP contribution in [0.2, 0.25) is 0 Å². The zero-order valence-electron chi connectivity index (χ0n) is 12.3. The zero-order valence-corrected chi connectivity index (χ0v) is 12.3. The normalized spacial score (nSPS) is 18.2. The summed E-state index contributed by atoms with van der Waals surface area (Å²) in [6, 6.07) is 0.396. The van der Waals surface area contributed by atoms with Crippen molar-refractivity contribution in [2.24, 2.45) is 0 Å². The van der Waals surface area contributed by atoms with Gasteiger partial charge in [-0.2, -0.15) is 13.2 Å². The molecule has 1 aliphatic rings. The Morgan fingerprint density at radius 3 is 2.50 bits per heavy atom. The predicted octanol–water partition coefficient (Wildman–Crippen LogP) is 2.59. The summed E-state index contributed by atoms with van der Waals surface area (Å²) in [6.45, 7) is 6.67. The first-order valence-electron chi connectivity index (χ1n) is 7.10. The monoisotopic (exact) mass is 294 g/mol. The minimum Gasteiger partial charge on any atom is -0.371 e. The number of nitrogens with one attached hydrogen (secondary N) is 1. The molecule has 0 aromatic carbocycles. The second-order valence-electron chi connectivity index (χ2n) is 5.48. The van der Waals surface area contributed by atoms with E-state index in [2.05, 4.69) is 34.9 Å². The van der Waals surface area contributed by atoms with Gasteiger partial charge in [-0.15, -0.1) is 0 Å². The molecule has 6 heteroatoms. The topological polar surface area (TPSA) is 24.5 Å². The van der Waals surface area contributed by atoms with Crippen LogP contribution in [0, 0.1) is 0 Å². The van der Waals surface area contributed by atoms with Crippen molar-refractivity contribution in [2.45, 2.75) is 38.9 Å². The Hall–Kier alpha value is -0.590. The highest BCUT2D eigenvalue weighted by Crippen LogP contribution is 2.14. The molecule has 0 bridgehead atoms. The van der Waals surface area contributed by atoms with E-state index in [4.69, 9.17) is 0 Å². The largest absolute Gasteiger partial charge is 0.411 e. The van der Waals surface area contributed by atoms with Crippen molar-refractivity contribution in [3.63, 3.8) is 0 Å². The van der Waals surface area contributed by atoms with Gasteiger partial charge in [0.15, 0.2) is 0 Å². The molecule has 1 rings (SSSR count). The van der Waals surface area contributed by atoms with Crippen LogP contribution < -0.4 is 5.32 Å². The molecule has 3 nitrogen and oxygen atoms in total. The fourth-order valence-corrected chi connectivity index (χ4v) is 2.15. The molecule has 0 aromatic heterocycles. The maximum Gasteiger partial charge on any atom is 0.411 e. The molecule has 0 atom stereocenters. The summed E-state index contributed by atoms with van der Waals surface area (Å²) in [5.41, 5.74) is 1.33. The average Bonchev–Trinajstić information content (AvgIpc) is 2.36. The second kappa shape index (κ2) is 8.64. The number of rotatable bonds is 7. The molecule has 0 aromatic rings. The predicted molar refractivity (Wildman–Crippen MR) is 73.8 cm³/mol. The second-order valence-corrected chi connectivity index (χ2v) is 5.48. The van der Waals surface area contributed by atoms with Crippen molar-refractivity contribution in [1.82, 2.24) is 10.2 Å². The summed E-state index contributed by atoms with van der Waals surface area (Å²) in [5, 5.41) is 3.26. The van der Waals surface area contributed by atoms with Crippen LogP contribution >= 0.6 is 0 Å². The molecule has 1 fully saturated rings. The highest BCUT2D eigenvalue weighted by molar-refractivity contribution is 4.95. The molecule has 0 unspecified atom stereocenters. The number of ether oxygens (including phenoxy) is 1. The van der Waals surface area contributed by atoms with Crippen LogP contribution in [-0.2, 0) is 4.74 Å². The van der Waals surface area contributed by atoms with Gasteiger partial charge in [-0.3, -0.25) is 4.90 Å². The number of hydrogen-bond acceptors (Lipinski definition) is 3. The highest BCUT2D eigenvalue weighted by Gasteiger charge is 2.27. The van der Waals surface area contributed by atoms with Gasteiger partial charge in [0.1, 0.15) is 6.61 Å².